The minimum absolute atomic E-state index is 0.00807. The molecule has 0 atom stereocenters. The molecule has 0 aliphatic rings. The minimum Gasteiger partial charge on any atom is -0.355 e. The van der Waals surface area contributed by atoms with Gasteiger partial charge in [-0.25, -0.2) is 19.2 Å². The van der Waals surface area contributed by atoms with Gasteiger partial charge in [-0.05, 0) is 60.5 Å². The Hall–Kier alpha value is -4.99. The zero-order valence-electron chi connectivity index (χ0n) is 22.2. The number of aromatic nitrogens is 6. The fourth-order valence-corrected chi connectivity index (χ4v) is 5.19. The second kappa shape index (κ2) is 8.80. The van der Waals surface area contributed by atoms with Crippen LogP contribution in [0.15, 0.2) is 65.7 Å². The van der Waals surface area contributed by atoms with E-state index in [4.69, 9.17) is 4.98 Å². The molecule has 0 aliphatic carbocycles. The van der Waals surface area contributed by atoms with Crippen molar-refractivity contribution in [3.05, 3.63) is 88.5 Å². The Kier molecular flexibility index (Phi) is 5.49. The summed E-state index contributed by atoms with van der Waals surface area (Å²) in [7, 11) is 6.91. The number of imidazole rings is 3. The van der Waals surface area contributed by atoms with E-state index < -0.39 is 11.7 Å². The molecular weight excluding hydrogens is 497 g/mol. The number of carbonyl (C=O) groups excluding carboxylic acids is 1. The maximum Gasteiger partial charge on any atom is 0.328 e. The van der Waals surface area contributed by atoms with Crippen LogP contribution < -0.4 is 11.0 Å². The summed E-state index contributed by atoms with van der Waals surface area (Å²) in [6.45, 7) is 1.94. The van der Waals surface area contributed by atoms with Gasteiger partial charge in [-0.3, -0.25) is 18.5 Å². The highest BCUT2D eigenvalue weighted by atomic mass is 19.1. The first-order valence-corrected chi connectivity index (χ1v) is 12.4. The monoisotopic (exact) mass is 523 g/mol. The number of aryl methyl sites for hydroxylation is 4. The third-order valence-corrected chi connectivity index (χ3v) is 7.27. The van der Waals surface area contributed by atoms with Gasteiger partial charge in [0.25, 0.3) is 5.91 Å². The van der Waals surface area contributed by atoms with Gasteiger partial charge in [0.2, 0.25) is 0 Å². The van der Waals surface area contributed by atoms with E-state index in [0.717, 1.165) is 39.2 Å². The first-order valence-electron chi connectivity index (χ1n) is 12.4. The second-order valence-electron chi connectivity index (χ2n) is 9.61. The van der Waals surface area contributed by atoms with Crippen LogP contribution >= 0.6 is 0 Å². The summed E-state index contributed by atoms with van der Waals surface area (Å²) >= 11 is 0. The van der Waals surface area contributed by atoms with Crippen LogP contribution in [-0.4, -0.2) is 41.2 Å². The number of halogens is 1. The molecule has 0 bridgehead atoms. The van der Waals surface area contributed by atoms with Gasteiger partial charge >= 0.3 is 5.69 Å². The van der Waals surface area contributed by atoms with Crippen molar-refractivity contribution in [1.29, 1.82) is 0 Å². The van der Waals surface area contributed by atoms with Gasteiger partial charge in [0, 0.05) is 33.9 Å². The molecule has 9 nitrogen and oxygen atoms in total. The summed E-state index contributed by atoms with van der Waals surface area (Å²) in [5.41, 5.74) is 7.01. The Morgan fingerprint density at radius 2 is 1.59 bits per heavy atom. The molecule has 0 saturated carbocycles. The Labute approximate surface area is 222 Å². The number of carbonyl (C=O) groups is 1. The molecule has 10 heteroatoms. The van der Waals surface area contributed by atoms with Crippen molar-refractivity contribution in [1.82, 2.24) is 33.6 Å². The van der Waals surface area contributed by atoms with Crippen LogP contribution in [0.3, 0.4) is 0 Å². The molecule has 0 unspecified atom stereocenters. The average Bonchev–Trinajstić information content (AvgIpc) is 3.54. The van der Waals surface area contributed by atoms with Crippen LogP contribution in [0.1, 0.15) is 16.1 Å². The normalized spacial score (nSPS) is 11.5. The van der Waals surface area contributed by atoms with Crippen molar-refractivity contribution in [3.8, 4) is 28.3 Å². The Balaban J connectivity index is 1.58. The molecule has 1 amide bonds. The van der Waals surface area contributed by atoms with Crippen molar-refractivity contribution >= 4 is 28.0 Å². The van der Waals surface area contributed by atoms with E-state index in [-0.39, 0.29) is 11.3 Å². The molecule has 3 aromatic carbocycles. The van der Waals surface area contributed by atoms with E-state index in [2.05, 4.69) is 14.9 Å². The van der Waals surface area contributed by atoms with E-state index in [0.29, 0.717) is 16.9 Å². The zero-order valence-corrected chi connectivity index (χ0v) is 22.2. The fourth-order valence-electron chi connectivity index (χ4n) is 5.19. The molecule has 0 aliphatic heterocycles. The number of nitrogens with zero attached hydrogens (tertiary/aromatic N) is 6. The van der Waals surface area contributed by atoms with E-state index in [1.807, 2.05) is 54.9 Å². The lowest BCUT2D eigenvalue weighted by molar-refractivity contribution is 0.0959. The third kappa shape index (κ3) is 3.67. The summed E-state index contributed by atoms with van der Waals surface area (Å²) in [4.78, 5) is 34.0. The van der Waals surface area contributed by atoms with Crippen LogP contribution in [0.5, 0.6) is 0 Å². The predicted octanol–water partition coefficient (Wildman–Crippen LogP) is 4.09. The average molecular weight is 524 g/mol. The van der Waals surface area contributed by atoms with Crippen molar-refractivity contribution in [2.45, 2.75) is 6.92 Å². The second-order valence-corrected chi connectivity index (χ2v) is 9.61. The van der Waals surface area contributed by atoms with Gasteiger partial charge in [-0.2, -0.15) is 0 Å². The summed E-state index contributed by atoms with van der Waals surface area (Å²) < 4.78 is 22.0. The van der Waals surface area contributed by atoms with Crippen LogP contribution in [0.2, 0.25) is 0 Å². The number of nitrogens with one attached hydrogen (secondary N) is 1. The smallest absolute Gasteiger partial charge is 0.328 e. The maximum atomic E-state index is 14.7. The number of hydrogen-bond acceptors (Lipinski definition) is 4. The van der Waals surface area contributed by atoms with E-state index in [1.165, 1.54) is 19.2 Å². The molecule has 196 valence electrons. The van der Waals surface area contributed by atoms with Gasteiger partial charge in [-0.15, -0.1) is 0 Å². The van der Waals surface area contributed by atoms with Gasteiger partial charge in [-0.1, -0.05) is 12.1 Å². The molecule has 39 heavy (non-hydrogen) atoms. The molecule has 0 radical (unpaired) electrons. The van der Waals surface area contributed by atoms with Crippen molar-refractivity contribution in [3.63, 3.8) is 0 Å². The first kappa shape index (κ1) is 24.4. The van der Waals surface area contributed by atoms with Gasteiger partial charge < -0.3 is 9.88 Å². The minimum atomic E-state index is -0.592. The Morgan fingerprint density at radius 1 is 0.897 bits per heavy atom. The molecule has 3 aromatic heterocycles. The number of hydrogen-bond donors (Lipinski definition) is 1. The zero-order chi connectivity index (χ0) is 27.6. The lowest BCUT2D eigenvalue weighted by Gasteiger charge is -2.12. The van der Waals surface area contributed by atoms with E-state index in [1.54, 1.807) is 35.6 Å². The summed E-state index contributed by atoms with van der Waals surface area (Å²) in [6, 6.07) is 16.2. The molecule has 6 aromatic rings. The van der Waals surface area contributed by atoms with Crippen LogP contribution in [0, 0.1) is 12.7 Å². The first-order chi connectivity index (χ1) is 18.7. The Bertz CT molecular complexity index is 1990. The molecule has 3 heterocycles. The highest BCUT2D eigenvalue weighted by Gasteiger charge is 2.21. The van der Waals surface area contributed by atoms with Gasteiger partial charge in [0.1, 0.15) is 11.5 Å². The molecule has 0 saturated heterocycles. The number of fused-ring (bicyclic) bond motifs is 2. The lowest BCUT2D eigenvalue weighted by Crippen LogP contribution is -2.19. The van der Waals surface area contributed by atoms with Gasteiger partial charge in [0.15, 0.2) is 5.82 Å². The Morgan fingerprint density at radius 3 is 2.28 bits per heavy atom. The van der Waals surface area contributed by atoms with Crippen molar-refractivity contribution in [2.75, 3.05) is 7.05 Å². The number of rotatable bonds is 4. The summed E-state index contributed by atoms with van der Waals surface area (Å²) in [5.74, 6) is -0.371. The summed E-state index contributed by atoms with van der Waals surface area (Å²) in [6.07, 6.45) is 1.75. The van der Waals surface area contributed by atoms with Crippen LogP contribution in [-0.2, 0) is 21.1 Å². The highest BCUT2D eigenvalue weighted by molar-refractivity contribution is 5.95. The van der Waals surface area contributed by atoms with Crippen molar-refractivity contribution in [2.24, 2.45) is 21.1 Å². The van der Waals surface area contributed by atoms with Crippen molar-refractivity contribution < 1.29 is 9.18 Å². The maximum absolute atomic E-state index is 14.7. The number of benzene rings is 3. The number of amides is 1. The van der Waals surface area contributed by atoms with Crippen LogP contribution in [0.4, 0.5) is 4.39 Å². The molecule has 6 rings (SSSR count). The molecular formula is C29H26FN7O2. The predicted molar refractivity (Wildman–Crippen MR) is 149 cm³/mol. The topological polar surface area (TPSA) is 91.7 Å². The lowest BCUT2D eigenvalue weighted by atomic mass is 10.0. The molecule has 1 N–H and O–H groups in total. The van der Waals surface area contributed by atoms with Gasteiger partial charge in [0.05, 0.1) is 39.7 Å². The van der Waals surface area contributed by atoms with Crippen LogP contribution in [0.25, 0.3) is 50.4 Å². The van der Waals surface area contributed by atoms with E-state index >= 15 is 0 Å². The third-order valence-electron chi connectivity index (χ3n) is 7.27. The summed E-state index contributed by atoms with van der Waals surface area (Å²) in [5, 5.41) is 2.45. The molecule has 0 spiro atoms. The van der Waals surface area contributed by atoms with E-state index in [9.17, 15) is 14.0 Å². The molecule has 0 fully saturated rings. The standard InChI is InChI=1S/C29H26FN7O2/c1-16-26(34(3)15-32-16)27-33-22-13-18(17-6-9-20(21(30)12-17)28(38)31-2)7-10-23(22)37(27)19-8-11-24-25(14-19)36(5)29(39)35(24)4/h6-15H,1-5H3,(H,31,38). The largest absolute Gasteiger partial charge is 0.355 e. The quantitative estimate of drug-likeness (QED) is 0.377. The highest BCUT2D eigenvalue weighted by Crippen LogP contribution is 2.33. The fraction of sp³-hybridized carbons (Fsp3) is 0.172. The SMILES string of the molecule is CNC(=O)c1ccc(-c2ccc3c(c2)nc(-c2c(C)ncn2C)n3-c2ccc3c(c2)n(C)c(=O)n3C)cc1F.